The number of amidine groups is 1. The van der Waals surface area contributed by atoms with Gasteiger partial charge >= 0.3 is 0 Å². The molecule has 0 aromatic heterocycles. The Hall–Kier alpha value is -1.22. The van der Waals surface area contributed by atoms with Crippen molar-refractivity contribution in [3.63, 3.8) is 0 Å². The first kappa shape index (κ1) is 10.3. The van der Waals surface area contributed by atoms with Crippen LogP contribution < -0.4 is 5.73 Å². The molecule has 0 aliphatic carbocycles. The van der Waals surface area contributed by atoms with Gasteiger partial charge in [0.1, 0.15) is 5.84 Å². The van der Waals surface area contributed by atoms with E-state index in [2.05, 4.69) is 12.0 Å². The summed E-state index contributed by atoms with van der Waals surface area (Å²) in [4.78, 5) is 0. The number of hydrogen-bond donors (Lipinski definition) is 1. The van der Waals surface area contributed by atoms with Crippen molar-refractivity contribution in [1.82, 2.24) is 5.01 Å². The second-order valence-electron chi connectivity index (χ2n) is 3.90. The summed E-state index contributed by atoms with van der Waals surface area (Å²) >= 11 is 5.91. The third kappa shape index (κ3) is 2.42. The Bertz CT molecular complexity index is 389. The van der Waals surface area contributed by atoms with Gasteiger partial charge < -0.3 is 5.73 Å². The molecule has 4 heteroatoms. The van der Waals surface area contributed by atoms with Crippen molar-refractivity contribution in [3.05, 3.63) is 34.9 Å². The molecule has 2 N–H and O–H groups in total. The minimum Gasteiger partial charge on any atom is -0.385 e. The summed E-state index contributed by atoms with van der Waals surface area (Å²) in [5.41, 5.74) is 6.89. The van der Waals surface area contributed by atoms with Gasteiger partial charge in [-0.3, -0.25) is 5.01 Å². The molecule has 0 saturated heterocycles. The van der Waals surface area contributed by atoms with Gasteiger partial charge in [0, 0.05) is 17.5 Å². The van der Waals surface area contributed by atoms with Crippen molar-refractivity contribution in [2.45, 2.75) is 13.5 Å². The van der Waals surface area contributed by atoms with E-state index >= 15 is 0 Å². The molecule has 15 heavy (non-hydrogen) atoms. The van der Waals surface area contributed by atoms with Crippen LogP contribution >= 0.6 is 11.6 Å². The van der Waals surface area contributed by atoms with Gasteiger partial charge in [-0.2, -0.15) is 5.10 Å². The maximum atomic E-state index is 5.91. The summed E-state index contributed by atoms with van der Waals surface area (Å²) in [5.74, 6) is 1.07. The largest absolute Gasteiger partial charge is 0.385 e. The van der Waals surface area contributed by atoms with Gasteiger partial charge in [-0.25, -0.2) is 0 Å². The fourth-order valence-corrected chi connectivity index (χ4v) is 1.87. The Labute approximate surface area is 94.5 Å². The lowest BCUT2D eigenvalue weighted by Gasteiger charge is -2.14. The van der Waals surface area contributed by atoms with E-state index < -0.39 is 0 Å². The highest BCUT2D eigenvalue weighted by Gasteiger charge is 2.19. The number of hydrazone groups is 1. The number of nitrogens with zero attached hydrogens (tertiary/aromatic N) is 2. The van der Waals surface area contributed by atoms with Crippen LogP contribution in [0.25, 0.3) is 0 Å². The molecule has 1 aliphatic heterocycles. The summed E-state index contributed by atoms with van der Waals surface area (Å²) in [5, 5.41) is 7.02. The second-order valence-corrected chi connectivity index (χ2v) is 4.34. The van der Waals surface area contributed by atoms with E-state index in [1.165, 1.54) is 0 Å². The molecule has 1 unspecified atom stereocenters. The van der Waals surface area contributed by atoms with Crippen molar-refractivity contribution in [3.8, 4) is 0 Å². The number of nitrogens with two attached hydrogens (primary N) is 1. The van der Waals surface area contributed by atoms with E-state index in [0.717, 1.165) is 29.5 Å². The number of benzene rings is 1. The Kier molecular flexibility index (Phi) is 2.82. The molecule has 1 aromatic rings. The monoisotopic (exact) mass is 223 g/mol. The van der Waals surface area contributed by atoms with Crippen LogP contribution in [0.5, 0.6) is 0 Å². The van der Waals surface area contributed by atoms with Crippen LogP contribution in [0, 0.1) is 5.92 Å². The molecule has 0 radical (unpaired) electrons. The Morgan fingerprint density at radius 3 is 3.00 bits per heavy atom. The Morgan fingerprint density at radius 2 is 2.40 bits per heavy atom. The maximum absolute atomic E-state index is 5.91. The minimum absolute atomic E-state index is 0.351. The van der Waals surface area contributed by atoms with E-state index in [0.29, 0.717) is 5.92 Å². The summed E-state index contributed by atoms with van der Waals surface area (Å²) in [6.07, 6.45) is 0. The van der Waals surface area contributed by atoms with Gasteiger partial charge in [0.15, 0.2) is 0 Å². The summed E-state index contributed by atoms with van der Waals surface area (Å²) in [7, 11) is 0. The molecule has 1 heterocycles. The molecule has 0 bridgehead atoms. The summed E-state index contributed by atoms with van der Waals surface area (Å²) in [6, 6.07) is 7.82. The van der Waals surface area contributed by atoms with E-state index in [1.807, 2.05) is 29.3 Å². The van der Waals surface area contributed by atoms with E-state index in [1.54, 1.807) is 0 Å². The standard InChI is InChI=1S/C11H14ClN3/c1-8-6-15(14-11(8)13)7-9-3-2-4-10(12)5-9/h2-5,8H,6-7H2,1H3,(H2,13,14). The summed E-state index contributed by atoms with van der Waals surface area (Å²) < 4.78 is 0. The molecular weight excluding hydrogens is 210 g/mol. The Morgan fingerprint density at radius 1 is 1.60 bits per heavy atom. The fourth-order valence-electron chi connectivity index (χ4n) is 1.66. The van der Waals surface area contributed by atoms with Crippen molar-refractivity contribution in [2.75, 3.05) is 6.54 Å². The summed E-state index contributed by atoms with van der Waals surface area (Å²) in [6.45, 7) is 3.74. The second kappa shape index (κ2) is 4.11. The van der Waals surface area contributed by atoms with Crippen molar-refractivity contribution < 1.29 is 0 Å². The van der Waals surface area contributed by atoms with Crippen molar-refractivity contribution >= 4 is 17.4 Å². The zero-order valence-corrected chi connectivity index (χ0v) is 9.41. The first-order valence-corrected chi connectivity index (χ1v) is 5.36. The molecule has 0 fully saturated rings. The third-order valence-electron chi connectivity index (χ3n) is 2.50. The topological polar surface area (TPSA) is 41.6 Å². The maximum Gasteiger partial charge on any atom is 0.124 e. The molecule has 3 nitrogen and oxygen atoms in total. The zero-order valence-electron chi connectivity index (χ0n) is 8.65. The quantitative estimate of drug-likeness (QED) is 0.834. The van der Waals surface area contributed by atoms with Crippen LogP contribution in [0.1, 0.15) is 12.5 Å². The van der Waals surface area contributed by atoms with Gasteiger partial charge in [0.05, 0.1) is 6.54 Å². The van der Waals surface area contributed by atoms with Crippen LogP contribution in [0.4, 0.5) is 0 Å². The molecule has 0 saturated carbocycles. The van der Waals surface area contributed by atoms with E-state index in [4.69, 9.17) is 17.3 Å². The third-order valence-corrected chi connectivity index (χ3v) is 2.74. The SMILES string of the molecule is CC1CN(Cc2cccc(Cl)c2)N=C1N. The lowest BCUT2D eigenvalue weighted by Crippen LogP contribution is -2.20. The van der Waals surface area contributed by atoms with Gasteiger partial charge in [-0.05, 0) is 17.7 Å². The van der Waals surface area contributed by atoms with E-state index in [9.17, 15) is 0 Å². The highest BCUT2D eigenvalue weighted by Crippen LogP contribution is 2.16. The zero-order chi connectivity index (χ0) is 10.8. The van der Waals surface area contributed by atoms with Crippen molar-refractivity contribution in [1.29, 1.82) is 0 Å². The number of halogens is 1. The van der Waals surface area contributed by atoms with Crippen LogP contribution in [-0.4, -0.2) is 17.4 Å². The smallest absolute Gasteiger partial charge is 0.124 e. The molecule has 80 valence electrons. The predicted octanol–water partition coefficient (Wildman–Crippen LogP) is 2.06. The average Bonchev–Trinajstić information content (AvgIpc) is 2.45. The number of hydrogen-bond acceptors (Lipinski definition) is 3. The van der Waals surface area contributed by atoms with Crippen LogP contribution in [0.3, 0.4) is 0 Å². The molecule has 0 amide bonds. The van der Waals surface area contributed by atoms with Crippen LogP contribution in [-0.2, 0) is 6.54 Å². The first-order valence-electron chi connectivity index (χ1n) is 4.98. The van der Waals surface area contributed by atoms with Gasteiger partial charge in [0.2, 0.25) is 0 Å². The molecule has 1 atom stereocenters. The minimum atomic E-state index is 0.351. The molecular formula is C11H14ClN3. The lowest BCUT2D eigenvalue weighted by atomic mass is 10.1. The van der Waals surface area contributed by atoms with Gasteiger partial charge in [-0.1, -0.05) is 30.7 Å². The Balaban J connectivity index is 2.05. The van der Waals surface area contributed by atoms with Gasteiger partial charge in [-0.15, -0.1) is 0 Å². The van der Waals surface area contributed by atoms with Crippen LogP contribution in [0.15, 0.2) is 29.4 Å². The highest BCUT2D eigenvalue weighted by atomic mass is 35.5. The van der Waals surface area contributed by atoms with Crippen LogP contribution in [0.2, 0.25) is 5.02 Å². The normalized spacial score (nSPS) is 20.5. The fraction of sp³-hybridized carbons (Fsp3) is 0.364. The molecule has 2 rings (SSSR count). The van der Waals surface area contributed by atoms with Crippen molar-refractivity contribution in [2.24, 2.45) is 16.8 Å². The molecule has 0 spiro atoms. The molecule has 1 aromatic carbocycles. The van der Waals surface area contributed by atoms with E-state index in [-0.39, 0.29) is 0 Å². The average molecular weight is 224 g/mol. The predicted molar refractivity (Wildman–Crippen MR) is 62.6 cm³/mol. The number of rotatable bonds is 2. The van der Waals surface area contributed by atoms with Gasteiger partial charge in [0.25, 0.3) is 0 Å². The lowest BCUT2D eigenvalue weighted by molar-refractivity contribution is 0.292. The highest BCUT2D eigenvalue weighted by molar-refractivity contribution is 6.30. The first-order chi connectivity index (χ1) is 7.15. The molecule has 1 aliphatic rings.